The van der Waals surface area contributed by atoms with E-state index in [1.807, 2.05) is 6.92 Å². The molecular weight excluding hydrogens is 112 g/mol. The molecule has 0 rings (SSSR count). The van der Waals surface area contributed by atoms with Crippen molar-refractivity contribution < 1.29 is 0 Å². The van der Waals surface area contributed by atoms with Crippen LogP contribution in [0.25, 0.3) is 0 Å². The van der Waals surface area contributed by atoms with Gasteiger partial charge in [-0.15, -0.1) is 0 Å². The zero-order valence-electron chi connectivity index (χ0n) is 6.72. The van der Waals surface area contributed by atoms with E-state index < -0.39 is 0 Å². The van der Waals surface area contributed by atoms with Gasteiger partial charge in [0.2, 0.25) is 0 Å². The molecule has 0 aromatic heterocycles. The molecule has 2 heteroatoms. The lowest BCUT2D eigenvalue weighted by Crippen LogP contribution is -2.33. The molecule has 0 fully saturated rings. The van der Waals surface area contributed by atoms with Gasteiger partial charge in [0.1, 0.15) is 0 Å². The van der Waals surface area contributed by atoms with Crippen molar-refractivity contribution in [2.24, 2.45) is 5.73 Å². The molecule has 56 valence electrons. The number of rotatable bonds is 4. The van der Waals surface area contributed by atoms with Crippen molar-refractivity contribution >= 4 is 0 Å². The minimum Gasteiger partial charge on any atom is -0.327 e. The molecule has 0 spiro atoms. The van der Waals surface area contributed by atoms with Crippen LogP contribution in [0.15, 0.2) is 0 Å². The molecule has 1 atom stereocenters. The monoisotopic (exact) mass is 130 g/mol. The lowest BCUT2D eigenvalue weighted by atomic mass is 10.3. The summed E-state index contributed by atoms with van der Waals surface area (Å²) in [6, 6.07) is 0.307. The van der Waals surface area contributed by atoms with Crippen LogP contribution in [0.1, 0.15) is 20.3 Å². The van der Waals surface area contributed by atoms with E-state index in [0.29, 0.717) is 6.04 Å². The molecule has 0 aliphatic heterocycles. The number of nitrogens with zero attached hydrogens (tertiary/aromatic N) is 1. The predicted molar refractivity (Wildman–Crippen MR) is 41.4 cm³/mol. The third kappa shape index (κ3) is 5.80. The Bertz CT molecular complexity index is 61.9. The predicted octanol–water partition coefficient (Wildman–Crippen LogP) is 0.675. The molecule has 0 saturated carbocycles. The number of hydrogen-bond acceptors (Lipinski definition) is 2. The molecule has 0 aromatic rings. The second-order valence-electron chi connectivity index (χ2n) is 2.74. The molecule has 0 saturated heterocycles. The highest BCUT2D eigenvalue weighted by atomic mass is 15.1. The minimum atomic E-state index is 0.307. The highest BCUT2D eigenvalue weighted by Crippen LogP contribution is 1.86. The molecule has 0 bridgehead atoms. The van der Waals surface area contributed by atoms with E-state index in [9.17, 15) is 0 Å². The fraction of sp³-hybridized carbons (Fsp3) is 1.00. The van der Waals surface area contributed by atoms with Crippen LogP contribution in [0.2, 0.25) is 0 Å². The van der Waals surface area contributed by atoms with E-state index in [1.54, 1.807) is 0 Å². The molecule has 0 aromatic carbocycles. The van der Waals surface area contributed by atoms with Crippen LogP contribution in [-0.2, 0) is 0 Å². The summed E-state index contributed by atoms with van der Waals surface area (Å²) < 4.78 is 0. The van der Waals surface area contributed by atoms with Gasteiger partial charge in [-0.05, 0) is 26.9 Å². The van der Waals surface area contributed by atoms with Gasteiger partial charge in [0, 0.05) is 12.6 Å². The molecule has 0 amide bonds. The Labute approximate surface area is 58.0 Å². The third-order valence-electron chi connectivity index (χ3n) is 1.20. The quantitative estimate of drug-likeness (QED) is 0.606. The van der Waals surface area contributed by atoms with E-state index >= 15 is 0 Å². The van der Waals surface area contributed by atoms with E-state index in [2.05, 4.69) is 18.9 Å². The number of nitrogens with two attached hydrogens (primary N) is 1. The topological polar surface area (TPSA) is 29.3 Å². The Morgan fingerprint density at radius 3 is 2.44 bits per heavy atom. The molecule has 0 unspecified atom stereocenters. The summed E-state index contributed by atoms with van der Waals surface area (Å²) in [7, 11) is 2.10. The summed E-state index contributed by atoms with van der Waals surface area (Å²) in [6.45, 7) is 6.37. The summed E-state index contributed by atoms with van der Waals surface area (Å²) in [4.78, 5) is 2.25. The summed E-state index contributed by atoms with van der Waals surface area (Å²) >= 11 is 0. The van der Waals surface area contributed by atoms with Gasteiger partial charge in [-0.2, -0.15) is 0 Å². The highest BCUT2D eigenvalue weighted by Gasteiger charge is 1.98. The Hall–Kier alpha value is -0.0800. The lowest BCUT2D eigenvalue weighted by Gasteiger charge is -2.17. The molecule has 9 heavy (non-hydrogen) atoms. The first-order valence-electron chi connectivity index (χ1n) is 3.61. The molecule has 0 heterocycles. The maximum absolute atomic E-state index is 5.58. The van der Waals surface area contributed by atoms with E-state index in [-0.39, 0.29) is 0 Å². The second kappa shape index (κ2) is 4.77. The van der Waals surface area contributed by atoms with E-state index in [1.165, 1.54) is 6.42 Å². The first-order chi connectivity index (χ1) is 4.16. The zero-order valence-corrected chi connectivity index (χ0v) is 6.72. The van der Waals surface area contributed by atoms with Crippen LogP contribution < -0.4 is 5.73 Å². The zero-order chi connectivity index (χ0) is 7.28. The first kappa shape index (κ1) is 8.92. The Balaban J connectivity index is 3.15. The smallest absolute Gasteiger partial charge is 0.0139 e. The van der Waals surface area contributed by atoms with E-state index in [0.717, 1.165) is 13.1 Å². The van der Waals surface area contributed by atoms with Crippen molar-refractivity contribution in [2.75, 3.05) is 20.1 Å². The molecule has 0 aliphatic rings. The maximum atomic E-state index is 5.58. The second-order valence-corrected chi connectivity index (χ2v) is 2.74. The van der Waals surface area contributed by atoms with Gasteiger partial charge in [-0.25, -0.2) is 0 Å². The van der Waals surface area contributed by atoms with Gasteiger partial charge in [0.05, 0.1) is 0 Å². The summed E-state index contributed by atoms with van der Waals surface area (Å²) in [5.74, 6) is 0. The van der Waals surface area contributed by atoms with Crippen LogP contribution in [0.4, 0.5) is 0 Å². The SMILES string of the molecule is CCCN(C)C[C@H](C)N. The third-order valence-corrected chi connectivity index (χ3v) is 1.20. The normalized spacial score (nSPS) is 14.3. The van der Waals surface area contributed by atoms with Gasteiger partial charge in [0.25, 0.3) is 0 Å². The van der Waals surface area contributed by atoms with Gasteiger partial charge in [-0.1, -0.05) is 6.92 Å². The van der Waals surface area contributed by atoms with Crippen molar-refractivity contribution in [2.45, 2.75) is 26.3 Å². The summed E-state index contributed by atoms with van der Waals surface area (Å²) in [5.41, 5.74) is 5.58. The fourth-order valence-electron chi connectivity index (χ4n) is 0.965. The first-order valence-corrected chi connectivity index (χ1v) is 3.61. The van der Waals surface area contributed by atoms with Crippen LogP contribution >= 0.6 is 0 Å². The van der Waals surface area contributed by atoms with Crippen molar-refractivity contribution in [1.29, 1.82) is 0 Å². The van der Waals surface area contributed by atoms with Crippen molar-refractivity contribution in [3.63, 3.8) is 0 Å². The Morgan fingerprint density at radius 2 is 2.11 bits per heavy atom. The van der Waals surface area contributed by atoms with E-state index in [4.69, 9.17) is 5.73 Å². The molecular formula is C7H18N2. The van der Waals surface area contributed by atoms with Crippen LogP contribution in [0.3, 0.4) is 0 Å². The van der Waals surface area contributed by atoms with Gasteiger partial charge in [0.15, 0.2) is 0 Å². The molecule has 2 N–H and O–H groups in total. The Morgan fingerprint density at radius 1 is 1.56 bits per heavy atom. The number of likely N-dealkylation sites (N-methyl/N-ethyl adjacent to an activating group) is 1. The summed E-state index contributed by atoms with van der Waals surface area (Å²) in [5, 5.41) is 0. The maximum Gasteiger partial charge on any atom is 0.0139 e. The number of hydrogen-bond donors (Lipinski definition) is 1. The molecule has 2 nitrogen and oxygen atoms in total. The molecule has 0 aliphatic carbocycles. The van der Waals surface area contributed by atoms with Crippen molar-refractivity contribution in [1.82, 2.24) is 4.90 Å². The van der Waals surface area contributed by atoms with Crippen molar-refractivity contribution in [3.8, 4) is 0 Å². The Kier molecular flexibility index (Phi) is 4.72. The average Bonchev–Trinajstić information content (AvgIpc) is 1.63. The van der Waals surface area contributed by atoms with Crippen molar-refractivity contribution in [3.05, 3.63) is 0 Å². The fourth-order valence-corrected chi connectivity index (χ4v) is 0.965. The van der Waals surface area contributed by atoms with Gasteiger partial charge in [-0.3, -0.25) is 0 Å². The average molecular weight is 130 g/mol. The van der Waals surface area contributed by atoms with Crippen LogP contribution in [-0.4, -0.2) is 31.1 Å². The van der Waals surface area contributed by atoms with Crippen LogP contribution in [0, 0.1) is 0 Å². The molecule has 0 radical (unpaired) electrons. The van der Waals surface area contributed by atoms with Gasteiger partial charge >= 0.3 is 0 Å². The highest BCUT2D eigenvalue weighted by molar-refractivity contribution is 4.58. The lowest BCUT2D eigenvalue weighted by molar-refractivity contribution is 0.318. The standard InChI is InChI=1S/C7H18N2/c1-4-5-9(3)6-7(2)8/h7H,4-6,8H2,1-3H3/t7-/m0/s1. The summed E-state index contributed by atoms with van der Waals surface area (Å²) in [6.07, 6.45) is 1.21. The minimum absolute atomic E-state index is 0.307. The largest absolute Gasteiger partial charge is 0.327 e. The van der Waals surface area contributed by atoms with Crippen LogP contribution in [0.5, 0.6) is 0 Å². The van der Waals surface area contributed by atoms with Gasteiger partial charge < -0.3 is 10.6 Å².